The predicted molar refractivity (Wildman–Crippen MR) is 72.3 cm³/mol. The Bertz CT molecular complexity index is 371. The largest absolute Gasteiger partial charge is 0.392 e. The number of rotatable bonds is 6. The monoisotopic (exact) mass is 233 g/mol. The third-order valence-electron chi connectivity index (χ3n) is 3.53. The van der Waals surface area contributed by atoms with Crippen molar-refractivity contribution in [2.75, 3.05) is 18.0 Å². The van der Waals surface area contributed by atoms with Crippen molar-refractivity contribution in [1.82, 2.24) is 0 Å². The minimum absolute atomic E-state index is 0.141. The summed E-state index contributed by atoms with van der Waals surface area (Å²) in [5, 5.41) is 9.19. The van der Waals surface area contributed by atoms with Crippen molar-refractivity contribution in [3.8, 4) is 0 Å². The van der Waals surface area contributed by atoms with Gasteiger partial charge in [-0.05, 0) is 55.4 Å². The fourth-order valence-electron chi connectivity index (χ4n) is 2.26. The highest BCUT2D eigenvalue weighted by Crippen LogP contribution is 2.32. The lowest BCUT2D eigenvalue weighted by atomic mass is 10.1. The van der Waals surface area contributed by atoms with Crippen LogP contribution in [-0.2, 0) is 6.61 Å². The molecule has 1 fully saturated rings. The molecule has 2 heteroatoms. The van der Waals surface area contributed by atoms with Crippen LogP contribution in [0, 0.1) is 12.8 Å². The SMILES string of the molecule is CCCN(CC1CC1)c1ccc(CO)c(C)c1. The van der Waals surface area contributed by atoms with Crippen molar-refractivity contribution in [1.29, 1.82) is 0 Å². The maximum absolute atomic E-state index is 9.19. The van der Waals surface area contributed by atoms with Gasteiger partial charge in [0.15, 0.2) is 0 Å². The van der Waals surface area contributed by atoms with E-state index in [2.05, 4.69) is 36.9 Å². The maximum Gasteiger partial charge on any atom is 0.0684 e. The molecule has 17 heavy (non-hydrogen) atoms. The van der Waals surface area contributed by atoms with Gasteiger partial charge in [-0.1, -0.05) is 13.0 Å². The molecule has 1 aliphatic rings. The van der Waals surface area contributed by atoms with Gasteiger partial charge in [0.05, 0.1) is 6.61 Å². The summed E-state index contributed by atoms with van der Waals surface area (Å²) in [6.45, 7) is 6.79. The minimum Gasteiger partial charge on any atom is -0.392 e. The molecule has 94 valence electrons. The van der Waals surface area contributed by atoms with Crippen molar-refractivity contribution in [2.45, 2.75) is 39.7 Å². The summed E-state index contributed by atoms with van der Waals surface area (Å²) in [6.07, 6.45) is 3.98. The number of hydrogen-bond acceptors (Lipinski definition) is 2. The lowest BCUT2D eigenvalue weighted by molar-refractivity contribution is 0.281. The van der Waals surface area contributed by atoms with Crippen LogP contribution in [0.25, 0.3) is 0 Å². The quantitative estimate of drug-likeness (QED) is 0.816. The summed E-state index contributed by atoms with van der Waals surface area (Å²) in [5.41, 5.74) is 3.55. The Kier molecular flexibility index (Phi) is 4.06. The van der Waals surface area contributed by atoms with Gasteiger partial charge >= 0.3 is 0 Å². The van der Waals surface area contributed by atoms with Crippen LogP contribution in [0.4, 0.5) is 5.69 Å². The molecule has 0 unspecified atom stereocenters. The third kappa shape index (κ3) is 3.22. The number of hydrogen-bond donors (Lipinski definition) is 1. The molecule has 1 saturated carbocycles. The highest BCUT2D eigenvalue weighted by molar-refractivity contribution is 5.51. The van der Waals surface area contributed by atoms with Gasteiger partial charge in [-0.25, -0.2) is 0 Å². The molecule has 0 heterocycles. The first kappa shape index (κ1) is 12.4. The second-order valence-electron chi connectivity index (χ2n) is 5.16. The van der Waals surface area contributed by atoms with E-state index < -0.39 is 0 Å². The van der Waals surface area contributed by atoms with Crippen molar-refractivity contribution in [3.05, 3.63) is 29.3 Å². The lowest BCUT2D eigenvalue weighted by Crippen LogP contribution is -2.26. The molecule has 2 nitrogen and oxygen atoms in total. The van der Waals surface area contributed by atoms with Crippen LogP contribution in [0.5, 0.6) is 0 Å². The van der Waals surface area contributed by atoms with E-state index in [1.165, 1.54) is 37.1 Å². The topological polar surface area (TPSA) is 23.5 Å². The van der Waals surface area contributed by atoms with Crippen LogP contribution >= 0.6 is 0 Å². The average molecular weight is 233 g/mol. The number of aryl methyl sites for hydroxylation is 1. The summed E-state index contributed by atoms with van der Waals surface area (Å²) < 4.78 is 0. The molecule has 1 aromatic carbocycles. The van der Waals surface area contributed by atoms with Gasteiger partial charge in [-0.3, -0.25) is 0 Å². The average Bonchev–Trinajstić information content (AvgIpc) is 3.12. The van der Waals surface area contributed by atoms with E-state index in [1.807, 2.05) is 0 Å². The zero-order valence-corrected chi connectivity index (χ0v) is 10.9. The molecular formula is C15H23NO. The molecule has 1 N–H and O–H groups in total. The van der Waals surface area contributed by atoms with E-state index in [0.717, 1.165) is 18.0 Å². The molecular weight excluding hydrogens is 210 g/mol. The summed E-state index contributed by atoms with van der Waals surface area (Å²) in [6, 6.07) is 6.42. The molecule has 1 aromatic rings. The van der Waals surface area contributed by atoms with Crippen LogP contribution in [0.3, 0.4) is 0 Å². The Labute approximate surface area is 104 Å². The lowest BCUT2D eigenvalue weighted by Gasteiger charge is -2.25. The summed E-state index contributed by atoms with van der Waals surface area (Å²) in [4.78, 5) is 2.49. The predicted octanol–water partition coefficient (Wildman–Crippen LogP) is 3.11. The molecule has 0 amide bonds. The number of aliphatic hydroxyl groups excluding tert-OH is 1. The molecule has 1 aliphatic carbocycles. The fraction of sp³-hybridized carbons (Fsp3) is 0.600. The van der Waals surface area contributed by atoms with Crippen LogP contribution in [0.2, 0.25) is 0 Å². The Balaban J connectivity index is 2.13. The van der Waals surface area contributed by atoms with Crippen molar-refractivity contribution in [3.63, 3.8) is 0 Å². The highest BCUT2D eigenvalue weighted by atomic mass is 16.3. The van der Waals surface area contributed by atoms with Crippen LogP contribution < -0.4 is 4.90 Å². The van der Waals surface area contributed by atoms with Gasteiger partial charge in [0.25, 0.3) is 0 Å². The molecule has 0 spiro atoms. The zero-order valence-electron chi connectivity index (χ0n) is 10.9. The molecule has 0 aliphatic heterocycles. The number of anilines is 1. The Morgan fingerprint density at radius 1 is 1.35 bits per heavy atom. The normalized spacial score (nSPS) is 15.0. The maximum atomic E-state index is 9.19. The van der Waals surface area contributed by atoms with Crippen molar-refractivity contribution >= 4 is 5.69 Å². The first-order valence-corrected chi connectivity index (χ1v) is 6.70. The molecule has 0 saturated heterocycles. The molecule has 0 aromatic heterocycles. The second-order valence-corrected chi connectivity index (χ2v) is 5.16. The van der Waals surface area contributed by atoms with Gasteiger partial charge in [0, 0.05) is 18.8 Å². The molecule has 0 atom stereocenters. The van der Waals surface area contributed by atoms with E-state index >= 15 is 0 Å². The van der Waals surface area contributed by atoms with Gasteiger partial charge in [0.2, 0.25) is 0 Å². The number of nitrogens with zero attached hydrogens (tertiary/aromatic N) is 1. The van der Waals surface area contributed by atoms with Crippen molar-refractivity contribution in [2.24, 2.45) is 5.92 Å². The Morgan fingerprint density at radius 2 is 2.12 bits per heavy atom. The standard InChI is InChI=1S/C15H23NO/c1-3-8-16(10-13-4-5-13)15-7-6-14(11-17)12(2)9-15/h6-7,9,13,17H,3-5,8,10-11H2,1-2H3. The zero-order chi connectivity index (χ0) is 12.3. The smallest absolute Gasteiger partial charge is 0.0684 e. The summed E-state index contributed by atoms with van der Waals surface area (Å²) in [7, 11) is 0. The number of aliphatic hydroxyl groups is 1. The Hall–Kier alpha value is -1.02. The van der Waals surface area contributed by atoms with Crippen LogP contribution in [0.15, 0.2) is 18.2 Å². The Morgan fingerprint density at radius 3 is 2.65 bits per heavy atom. The fourth-order valence-corrected chi connectivity index (χ4v) is 2.26. The van der Waals surface area contributed by atoms with Gasteiger partial charge in [-0.15, -0.1) is 0 Å². The van der Waals surface area contributed by atoms with E-state index in [4.69, 9.17) is 0 Å². The summed E-state index contributed by atoms with van der Waals surface area (Å²) >= 11 is 0. The van der Waals surface area contributed by atoms with Gasteiger partial charge in [0.1, 0.15) is 0 Å². The van der Waals surface area contributed by atoms with Gasteiger partial charge in [-0.2, -0.15) is 0 Å². The summed E-state index contributed by atoms with van der Waals surface area (Å²) in [5.74, 6) is 0.916. The third-order valence-corrected chi connectivity index (χ3v) is 3.53. The second kappa shape index (κ2) is 5.54. The van der Waals surface area contributed by atoms with Crippen molar-refractivity contribution < 1.29 is 5.11 Å². The van der Waals surface area contributed by atoms with E-state index in [-0.39, 0.29) is 6.61 Å². The van der Waals surface area contributed by atoms with Gasteiger partial charge < -0.3 is 10.0 Å². The first-order chi connectivity index (χ1) is 8.24. The van der Waals surface area contributed by atoms with E-state index in [0.29, 0.717) is 0 Å². The van der Waals surface area contributed by atoms with E-state index in [1.54, 1.807) is 0 Å². The van der Waals surface area contributed by atoms with E-state index in [9.17, 15) is 5.11 Å². The highest BCUT2D eigenvalue weighted by Gasteiger charge is 2.24. The molecule has 0 radical (unpaired) electrons. The minimum atomic E-state index is 0.141. The first-order valence-electron chi connectivity index (χ1n) is 6.70. The van der Waals surface area contributed by atoms with Crippen LogP contribution in [-0.4, -0.2) is 18.2 Å². The molecule has 2 rings (SSSR count). The van der Waals surface area contributed by atoms with Crippen LogP contribution in [0.1, 0.15) is 37.3 Å². The number of benzene rings is 1. The molecule has 0 bridgehead atoms.